The third-order valence-electron chi connectivity index (χ3n) is 15.5. The van der Waals surface area contributed by atoms with Crippen molar-refractivity contribution in [2.75, 3.05) is 272 Å². The molecule has 107 heavy (non-hydrogen) atoms. The Labute approximate surface area is 749 Å². The fraction of sp³-hybridized carbons (Fsp3) is 0.877. The van der Waals surface area contributed by atoms with E-state index < -0.39 is 11.9 Å². The number of carbonyl (C=O) groups excluding carboxylic acids is 7. The number of methoxy groups -OCH3 is 3. The Morgan fingerprint density at radius 2 is 0.673 bits per heavy atom. The van der Waals surface area contributed by atoms with Crippen molar-refractivity contribution in [3.05, 3.63) is 23.3 Å². The van der Waals surface area contributed by atoms with Gasteiger partial charge in [-0.25, -0.2) is 4.79 Å². The van der Waals surface area contributed by atoms with Crippen molar-refractivity contribution >= 4 is 41.7 Å². The molecular formula is C73H161N18Na2O12Y2-3. The number of ketones is 2. The first-order chi connectivity index (χ1) is 47.1. The SMILES string of the molecule is C.C.C.C=CC(=O)OC.CC(C)N(CCN)CCN.CC(C)N(CCNCCN(C)CC[C-]=O)CCNCCN(C)CCC(=O)[O-].COC(=O)CCN(C)CCNCCN(CCNCC[N-]CCC(C)=O)C(C)C.COC(=O)CCN(C)CCNCCN(CCNCC[N-]CCC(C)=O)C(C)C.[Na+].[Na+].[OH-].[Y].[Y]. The van der Waals surface area contributed by atoms with Crippen molar-refractivity contribution < 1.29 is 183 Å². The molecule has 0 aliphatic heterocycles. The third-order valence-corrected chi connectivity index (χ3v) is 15.5. The van der Waals surface area contributed by atoms with E-state index in [-0.39, 0.29) is 182 Å². The van der Waals surface area contributed by atoms with Crippen LogP contribution < -0.4 is 108 Å². The Morgan fingerprint density at radius 3 is 0.888 bits per heavy atom. The van der Waals surface area contributed by atoms with E-state index in [1.54, 1.807) is 13.8 Å². The number of hydrogen-bond donors (Lipinski definition) is 8. The molecule has 0 spiro atoms. The average Bonchev–Trinajstić information content (AvgIpc) is 0.979. The summed E-state index contributed by atoms with van der Waals surface area (Å²) in [6.45, 7) is 53.4. The predicted octanol–water partition coefficient (Wildman–Crippen LogP) is -4.48. The van der Waals surface area contributed by atoms with Crippen LogP contribution in [0.5, 0.6) is 0 Å². The number of carboxylic acid groups (broad SMARTS) is 1. The van der Waals surface area contributed by atoms with Gasteiger partial charge in [-0.15, -0.1) is 32.6 Å². The molecule has 0 aromatic rings. The van der Waals surface area contributed by atoms with E-state index in [4.69, 9.17) is 11.5 Å². The van der Waals surface area contributed by atoms with Crippen LogP contribution in [0.1, 0.15) is 130 Å². The Balaban J connectivity index is -0.0000000983. The number of aliphatic carboxylic acids is 1. The summed E-state index contributed by atoms with van der Waals surface area (Å²) in [4.78, 5) is 92.5. The molecule has 11 N–H and O–H groups in total. The van der Waals surface area contributed by atoms with E-state index in [0.29, 0.717) is 75.9 Å². The fourth-order valence-corrected chi connectivity index (χ4v) is 8.84. The van der Waals surface area contributed by atoms with E-state index >= 15 is 0 Å². The number of rotatable bonds is 63. The van der Waals surface area contributed by atoms with Crippen LogP contribution in [0.25, 0.3) is 10.6 Å². The summed E-state index contributed by atoms with van der Waals surface area (Å²) < 4.78 is 13.5. The minimum atomic E-state index is -0.998. The van der Waals surface area contributed by atoms with E-state index in [1.165, 1.54) is 21.3 Å². The van der Waals surface area contributed by atoms with Gasteiger partial charge in [0, 0.05) is 278 Å². The molecule has 626 valence electrons. The zero-order valence-electron chi connectivity index (χ0n) is 69.1. The van der Waals surface area contributed by atoms with Gasteiger partial charge in [-0.2, -0.15) is 0 Å². The number of nitrogens with zero attached hydrogens (tertiary/aromatic N) is 10. The fourth-order valence-electron chi connectivity index (χ4n) is 8.84. The number of hydrogen-bond acceptors (Lipinski definition) is 28. The van der Waals surface area contributed by atoms with Crippen LogP contribution in [0.4, 0.5) is 0 Å². The Hall–Kier alpha value is 0.0778. The summed E-state index contributed by atoms with van der Waals surface area (Å²) in [7, 11) is 12.1. The van der Waals surface area contributed by atoms with E-state index in [0.717, 1.165) is 209 Å². The van der Waals surface area contributed by atoms with E-state index in [1.807, 2.05) is 39.4 Å². The minimum absolute atomic E-state index is 0. The van der Waals surface area contributed by atoms with Crippen LogP contribution in [0.15, 0.2) is 12.7 Å². The number of nitrogens with two attached hydrogens (primary N) is 2. The van der Waals surface area contributed by atoms with Crippen LogP contribution in [0.3, 0.4) is 0 Å². The van der Waals surface area contributed by atoms with Crippen molar-refractivity contribution in [1.29, 1.82) is 0 Å². The summed E-state index contributed by atoms with van der Waals surface area (Å²) in [5, 5.41) is 39.8. The first-order valence-electron chi connectivity index (χ1n) is 36.1. The number of carbonyl (C=O) groups is 6. The molecule has 2 radical (unpaired) electrons. The molecule has 0 saturated carbocycles. The van der Waals surface area contributed by atoms with Gasteiger partial charge in [0.15, 0.2) is 0 Å². The molecule has 30 nitrogen and oxygen atoms in total. The number of likely N-dealkylation sites (N-methyl/N-ethyl adjacent to an activating group) is 4. The van der Waals surface area contributed by atoms with Gasteiger partial charge in [-0.1, -0.05) is 28.9 Å². The molecular weight excluding hydrogens is 1540 g/mol. The van der Waals surface area contributed by atoms with Gasteiger partial charge in [0.25, 0.3) is 0 Å². The molecule has 0 aliphatic rings. The maximum atomic E-state index is 11.1. The van der Waals surface area contributed by atoms with Gasteiger partial charge in [0.2, 0.25) is 0 Å². The molecule has 0 fully saturated rings. The largest absolute Gasteiger partial charge is 1.00 e. The maximum absolute atomic E-state index is 11.1. The number of ether oxygens (including phenoxy) is 3. The number of nitrogens with one attached hydrogen (secondary N) is 6. The summed E-state index contributed by atoms with van der Waals surface area (Å²) in [6, 6.07) is 2.07. The van der Waals surface area contributed by atoms with Crippen molar-refractivity contribution in [3.63, 3.8) is 0 Å². The van der Waals surface area contributed by atoms with Crippen LogP contribution in [0.2, 0.25) is 0 Å². The maximum Gasteiger partial charge on any atom is 1.00 e. The van der Waals surface area contributed by atoms with Crippen molar-refractivity contribution in [1.82, 2.24) is 71.1 Å². The zero-order chi connectivity index (χ0) is 75.9. The molecule has 0 amide bonds. The van der Waals surface area contributed by atoms with Gasteiger partial charge < -0.3 is 118 Å². The topological polar surface area (TPSA) is 379 Å². The molecule has 0 atom stereocenters. The van der Waals surface area contributed by atoms with Crippen molar-refractivity contribution in [2.24, 2.45) is 11.5 Å². The molecule has 0 saturated heterocycles. The zero-order valence-corrected chi connectivity index (χ0v) is 78.8. The number of carboxylic acids is 1. The first-order valence-corrected chi connectivity index (χ1v) is 36.1. The standard InChI is InChI=1S/2C20H42N5O3.C19H40N5O3.C7H19N3.C4H6O2.3CH4.2Na.H2O.2Y/c2*1-18(2)25(16-12-22-10-9-21-8-6-19(3)26)17-13-23-11-15-24(4)14-7-20(27)28-5;1-18(2)24(15-9-20-7-13-22(3)11-5-17-25)16-10-21-8-14-23(4)12-6-19(26)27;1-7(2)10(5-3-8)6-4-9;1-3-4(5)6-2;;;;;;;;/h2*18,22-23H,6-17H2,1-5H3;18,20-21H,5-16H2,1-4H3,(H,26,27);7H,3-6,8-9H2,1-2H3;3H,1H2,2H3;3*1H4;;;1H2;;/q3*-1;;;;;;2*+1;;;/p-2. The summed E-state index contributed by atoms with van der Waals surface area (Å²) in [5.41, 5.74) is 10.8. The molecule has 0 unspecified atom stereocenters. The average molecular weight is 1710 g/mol. The summed E-state index contributed by atoms with van der Waals surface area (Å²) in [5.74, 6) is -1.31. The number of Topliss-reactive ketones (excluding diaryl/α,β-unsaturated/α-hetero) is 2. The molecule has 0 aromatic carbocycles. The Morgan fingerprint density at radius 1 is 0.421 bits per heavy atom. The van der Waals surface area contributed by atoms with Gasteiger partial charge in [-0.05, 0) is 136 Å². The second kappa shape index (κ2) is 102. The first kappa shape index (κ1) is 136. The summed E-state index contributed by atoms with van der Waals surface area (Å²) in [6.07, 6.45) is 5.55. The molecule has 0 heterocycles. The second-order valence-electron chi connectivity index (χ2n) is 25.5. The van der Waals surface area contributed by atoms with Gasteiger partial charge in [0.1, 0.15) is 11.6 Å². The monoisotopic (exact) mass is 1710 g/mol. The smallest absolute Gasteiger partial charge is 0.870 e. The Bertz CT molecular complexity index is 1840. The molecule has 0 bridgehead atoms. The van der Waals surface area contributed by atoms with Crippen molar-refractivity contribution in [2.45, 2.75) is 154 Å². The number of esters is 3. The third kappa shape index (κ3) is 108. The summed E-state index contributed by atoms with van der Waals surface area (Å²) >= 11 is 0. The van der Waals surface area contributed by atoms with Crippen molar-refractivity contribution in [3.8, 4) is 0 Å². The van der Waals surface area contributed by atoms with Crippen LogP contribution in [-0.4, -0.2) is 383 Å². The van der Waals surface area contributed by atoms with Crippen LogP contribution in [0, 0.1) is 0 Å². The van der Waals surface area contributed by atoms with Crippen LogP contribution >= 0.6 is 0 Å². The molecule has 0 rings (SSSR count). The van der Waals surface area contributed by atoms with E-state index in [2.05, 4.69) is 153 Å². The quantitative estimate of drug-likeness (QED) is 0.00711. The predicted molar refractivity (Wildman–Crippen MR) is 426 cm³/mol. The molecule has 34 heteroatoms. The van der Waals surface area contributed by atoms with Gasteiger partial charge >= 0.3 is 77.0 Å². The molecule has 0 aliphatic carbocycles. The second-order valence-corrected chi connectivity index (χ2v) is 25.5. The van der Waals surface area contributed by atoms with E-state index in [9.17, 15) is 38.7 Å². The normalized spacial score (nSPS) is 10.5. The minimum Gasteiger partial charge on any atom is -0.870 e. The van der Waals surface area contributed by atoms with Crippen LogP contribution in [-0.2, 0) is 113 Å². The molecule has 0 aromatic heterocycles. The van der Waals surface area contributed by atoms with Gasteiger partial charge in [0.05, 0.1) is 34.2 Å². The Kier molecular flexibility index (Phi) is 130. The van der Waals surface area contributed by atoms with Gasteiger partial charge in [-0.3, -0.25) is 35.5 Å².